The highest BCUT2D eigenvalue weighted by Crippen LogP contribution is 2.19. The molecule has 0 aliphatic carbocycles. The fraction of sp³-hybridized carbons (Fsp3) is 0.588. The molecular formula is C17H23N7O4. The van der Waals surface area contributed by atoms with Gasteiger partial charge in [0.2, 0.25) is 5.95 Å². The van der Waals surface area contributed by atoms with E-state index in [0.29, 0.717) is 56.4 Å². The smallest absolute Gasteiger partial charge is 0.329 e. The molecule has 0 aromatic carbocycles. The first kappa shape index (κ1) is 18.3. The first-order valence-corrected chi connectivity index (χ1v) is 9.37. The second kappa shape index (κ2) is 6.80. The SMILES string of the molecule is Cn1c(N2CCN(C(=O)C(=O)N3CCCC3)CC2)nc2c1c(=O)[nH]c(=O)n2C. The monoisotopic (exact) mass is 389 g/mol. The van der Waals surface area contributed by atoms with E-state index < -0.39 is 23.1 Å². The number of carbonyl (C=O) groups excluding carboxylic acids is 2. The lowest BCUT2D eigenvalue weighted by Crippen LogP contribution is -2.53. The third-order valence-electron chi connectivity index (χ3n) is 5.54. The maximum Gasteiger partial charge on any atom is 0.329 e. The molecule has 0 atom stereocenters. The molecule has 2 aliphatic rings. The number of likely N-dealkylation sites (tertiary alicyclic amines) is 1. The number of nitrogens with one attached hydrogen (secondary N) is 1. The Balaban J connectivity index is 1.52. The van der Waals surface area contributed by atoms with Gasteiger partial charge in [0.05, 0.1) is 0 Å². The fourth-order valence-electron chi connectivity index (χ4n) is 3.88. The van der Waals surface area contributed by atoms with Crippen LogP contribution < -0.4 is 16.1 Å². The topological polar surface area (TPSA) is 117 Å². The minimum Gasteiger partial charge on any atom is -0.339 e. The largest absolute Gasteiger partial charge is 0.339 e. The summed E-state index contributed by atoms with van der Waals surface area (Å²) in [5.74, 6) is -0.319. The molecule has 1 N–H and O–H groups in total. The average molecular weight is 389 g/mol. The highest BCUT2D eigenvalue weighted by Gasteiger charge is 2.32. The zero-order valence-corrected chi connectivity index (χ0v) is 16.0. The molecule has 0 spiro atoms. The van der Waals surface area contributed by atoms with Gasteiger partial charge in [-0.25, -0.2) is 4.79 Å². The van der Waals surface area contributed by atoms with Gasteiger partial charge in [0.25, 0.3) is 5.56 Å². The summed E-state index contributed by atoms with van der Waals surface area (Å²) in [7, 11) is 3.27. The summed E-state index contributed by atoms with van der Waals surface area (Å²) in [4.78, 5) is 60.7. The molecule has 0 radical (unpaired) electrons. The Hall–Kier alpha value is -3.11. The Morgan fingerprint density at radius 2 is 1.43 bits per heavy atom. The lowest BCUT2D eigenvalue weighted by atomic mass is 10.3. The molecule has 11 nitrogen and oxygen atoms in total. The summed E-state index contributed by atoms with van der Waals surface area (Å²) < 4.78 is 2.95. The predicted molar refractivity (Wildman–Crippen MR) is 101 cm³/mol. The number of imidazole rings is 1. The van der Waals surface area contributed by atoms with E-state index in [-0.39, 0.29) is 0 Å². The number of hydrogen-bond acceptors (Lipinski definition) is 6. The van der Waals surface area contributed by atoms with Gasteiger partial charge in [0.15, 0.2) is 11.2 Å². The Bertz CT molecular complexity index is 1050. The minimum atomic E-state index is -0.516. The fourth-order valence-corrected chi connectivity index (χ4v) is 3.88. The maximum absolute atomic E-state index is 12.5. The normalized spacial score (nSPS) is 17.6. The van der Waals surface area contributed by atoms with E-state index in [1.54, 1.807) is 28.5 Å². The number of nitrogens with zero attached hydrogens (tertiary/aromatic N) is 6. The molecule has 2 aliphatic heterocycles. The van der Waals surface area contributed by atoms with E-state index in [0.717, 1.165) is 12.8 Å². The van der Waals surface area contributed by atoms with E-state index >= 15 is 0 Å². The maximum atomic E-state index is 12.5. The van der Waals surface area contributed by atoms with Crippen LogP contribution in [0.2, 0.25) is 0 Å². The summed E-state index contributed by atoms with van der Waals surface area (Å²) in [6, 6.07) is 0. The number of aryl methyl sites for hydroxylation is 2. The molecule has 2 saturated heterocycles. The van der Waals surface area contributed by atoms with Crippen LogP contribution >= 0.6 is 0 Å². The summed E-state index contributed by atoms with van der Waals surface area (Å²) >= 11 is 0. The lowest BCUT2D eigenvalue weighted by Gasteiger charge is -2.35. The third kappa shape index (κ3) is 2.86. The van der Waals surface area contributed by atoms with Crippen molar-refractivity contribution >= 4 is 28.9 Å². The van der Waals surface area contributed by atoms with Crippen LogP contribution in [-0.4, -0.2) is 80.0 Å². The number of rotatable bonds is 1. The molecule has 4 heterocycles. The molecular weight excluding hydrogens is 366 g/mol. The molecule has 0 bridgehead atoms. The quantitative estimate of drug-likeness (QED) is 0.577. The number of fused-ring (bicyclic) bond motifs is 1. The number of H-pyrrole nitrogens is 1. The molecule has 150 valence electrons. The second-order valence-electron chi connectivity index (χ2n) is 7.24. The van der Waals surface area contributed by atoms with Gasteiger partial charge in [-0.05, 0) is 12.8 Å². The molecule has 11 heteroatoms. The van der Waals surface area contributed by atoms with Crippen molar-refractivity contribution in [3.63, 3.8) is 0 Å². The van der Waals surface area contributed by atoms with Crippen LogP contribution in [0.15, 0.2) is 9.59 Å². The first-order chi connectivity index (χ1) is 13.4. The third-order valence-corrected chi connectivity index (χ3v) is 5.54. The molecule has 0 saturated carbocycles. The molecule has 4 rings (SSSR count). The number of anilines is 1. The van der Waals surface area contributed by atoms with E-state index in [4.69, 9.17) is 0 Å². The van der Waals surface area contributed by atoms with Gasteiger partial charge >= 0.3 is 17.5 Å². The number of aromatic amines is 1. The van der Waals surface area contributed by atoms with Crippen molar-refractivity contribution in [2.45, 2.75) is 12.8 Å². The number of aromatic nitrogens is 4. The summed E-state index contributed by atoms with van der Waals surface area (Å²) in [6.45, 7) is 3.08. The van der Waals surface area contributed by atoms with Crippen molar-refractivity contribution in [2.75, 3.05) is 44.2 Å². The van der Waals surface area contributed by atoms with Crippen LogP contribution in [0, 0.1) is 0 Å². The van der Waals surface area contributed by atoms with Crippen LogP contribution in [-0.2, 0) is 23.7 Å². The van der Waals surface area contributed by atoms with Crippen molar-refractivity contribution in [3.8, 4) is 0 Å². The van der Waals surface area contributed by atoms with Crippen molar-refractivity contribution in [1.82, 2.24) is 28.9 Å². The van der Waals surface area contributed by atoms with Gasteiger partial charge in [0.1, 0.15) is 0 Å². The number of carbonyl (C=O) groups is 2. The van der Waals surface area contributed by atoms with Gasteiger partial charge < -0.3 is 19.3 Å². The van der Waals surface area contributed by atoms with E-state index in [1.165, 1.54) is 4.57 Å². The molecule has 2 aromatic rings. The number of hydrogen-bond donors (Lipinski definition) is 1. The lowest BCUT2D eigenvalue weighted by molar-refractivity contribution is -0.151. The molecule has 28 heavy (non-hydrogen) atoms. The van der Waals surface area contributed by atoms with E-state index in [9.17, 15) is 19.2 Å². The highest BCUT2D eigenvalue weighted by molar-refractivity contribution is 6.35. The van der Waals surface area contributed by atoms with Crippen molar-refractivity contribution < 1.29 is 9.59 Å². The minimum absolute atomic E-state index is 0.314. The van der Waals surface area contributed by atoms with Crippen molar-refractivity contribution in [1.29, 1.82) is 0 Å². The van der Waals surface area contributed by atoms with Gasteiger partial charge in [-0.2, -0.15) is 4.98 Å². The van der Waals surface area contributed by atoms with Crippen LogP contribution in [0.25, 0.3) is 11.2 Å². The van der Waals surface area contributed by atoms with Crippen LogP contribution in [0.4, 0.5) is 5.95 Å². The van der Waals surface area contributed by atoms with Crippen LogP contribution in [0.1, 0.15) is 12.8 Å². The van der Waals surface area contributed by atoms with Crippen molar-refractivity contribution in [3.05, 3.63) is 20.8 Å². The molecule has 2 amide bonds. The van der Waals surface area contributed by atoms with Gasteiger partial charge in [-0.1, -0.05) is 0 Å². The van der Waals surface area contributed by atoms with E-state index in [2.05, 4.69) is 9.97 Å². The van der Waals surface area contributed by atoms with Gasteiger partial charge in [0, 0.05) is 53.4 Å². The standard InChI is InChI=1S/C17H23N7O4/c1-20-11-12(21(2)17(28)19-13(11)25)18-16(20)24-9-7-23(8-10-24)15(27)14(26)22-5-3-4-6-22/h3-10H2,1-2H3,(H,19,25,28). The first-order valence-electron chi connectivity index (χ1n) is 9.37. The summed E-state index contributed by atoms with van der Waals surface area (Å²) in [5, 5.41) is 0. The van der Waals surface area contributed by atoms with E-state index in [1.807, 2.05) is 4.90 Å². The average Bonchev–Trinajstić information content (AvgIpc) is 3.34. The predicted octanol–water partition coefficient (Wildman–Crippen LogP) is -1.77. The Morgan fingerprint density at radius 1 is 0.857 bits per heavy atom. The van der Waals surface area contributed by atoms with Gasteiger partial charge in [-0.3, -0.25) is 23.9 Å². The Morgan fingerprint density at radius 3 is 2.04 bits per heavy atom. The van der Waals surface area contributed by atoms with Gasteiger partial charge in [-0.15, -0.1) is 0 Å². The molecule has 0 unspecified atom stereocenters. The summed E-state index contributed by atoms with van der Waals surface area (Å²) in [6.07, 6.45) is 1.89. The Kier molecular flexibility index (Phi) is 4.44. The Labute approximate surface area is 160 Å². The van der Waals surface area contributed by atoms with Crippen LogP contribution in [0.3, 0.4) is 0 Å². The molecule has 2 fully saturated rings. The van der Waals surface area contributed by atoms with Crippen LogP contribution in [0.5, 0.6) is 0 Å². The number of piperazine rings is 1. The second-order valence-corrected chi connectivity index (χ2v) is 7.24. The van der Waals surface area contributed by atoms with Crippen molar-refractivity contribution in [2.24, 2.45) is 14.1 Å². The highest BCUT2D eigenvalue weighted by atomic mass is 16.2. The zero-order chi connectivity index (χ0) is 20.0. The number of amides is 2. The zero-order valence-electron chi connectivity index (χ0n) is 16.0. The summed E-state index contributed by atoms with van der Waals surface area (Å²) in [5.41, 5.74) is -0.365. The molecule has 2 aromatic heterocycles.